The van der Waals surface area contributed by atoms with E-state index in [0.29, 0.717) is 11.9 Å². The fraction of sp³-hybridized carbons (Fsp3) is 0.182. The van der Waals surface area contributed by atoms with Gasteiger partial charge in [0.15, 0.2) is 0 Å². The highest BCUT2D eigenvalue weighted by Gasteiger charge is 2.12. The van der Waals surface area contributed by atoms with Crippen molar-refractivity contribution in [1.82, 2.24) is 29.5 Å². The lowest BCUT2D eigenvalue weighted by molar-refractivity contribution is 0.826. The van der Waals surface area contributed by atoms with Crippen LogP contribution in [0.3, 0.4) is 0 Å². The van der Waals surface area contributed by atoms with Crippen molar-refractivity contribution in [3.8, 4) is 5.95 Å². The molecule has 21 heavy (non-hydrogen) atoms. The molecule has 3 heterocycles. The van der Waals surface area contributed by atoms with Gasteiger partial charge in [-0.2, -0.15) is 15.0 Å². The number of nitrogens with two attached hydrogens (primary N) is 1. The second kappa shape index (κ2) is 5.81. The second-order valence-corrected chi connectivity index (χ2v) is 5.06. The Morgan fingerprint density at radius 1 is 1.24 bits per heavy atom. The number of hydrogen-bond acceptors (Lipinski definition) is 9. The van der Waals surface area contributed by atoms with Crippen molar-refractivity contribution in [2.75, 3.05) is 10.7 Å². The summed E-state index contributed by atoms with van der Waals surface area (Å²) in [6.07, 6.45) is 6.74. The Bertz CT molecular complexity index is 695. The molecule has 0 spiro atoms. The smallest absolute Gasteiger partial charge is 0.243 e. The molecule has 3 aromatic heterocycles. The monoisotopic (exact) mass is 303 g/mol. The molecule has 9 nitrogen and oxygen atoms in total. The average Bonchev–Trinajstić information content (AvgIpc) is 3.19. The number of hydrogen-bond donors (Lipinski definition) is 3. The second-order valence-electron chi connectivity index (χ2n) is 4.13. The minimum Gasteiger partial charge on any atom is -0.345 e. The zero-order chi connectivity index (χ0) is 14.7. The van der Waals surface area contributed by atoms with Gasteiger partial charge in [-0.15, -0.1) is 11.3 Å². The molecule has 0 amide bonds. The number of rotatable bonds is 5. The predicted molar refractivity (Wildman–Crippen MR) is 78.9 cm³/mol. The maximum Gasteiger partial charge on any atom is 0.243 e. The van der Waals surface area contributed by atoms with Gasteiger partial charge in [-0.3, -0.25) is 9.99 Å². The van der Waals surface area contributed by atoms with E-state index in [9.17, 15) is 0 Å². The van der Waals surface area contributed by atoms with Crippen LogP contribution in [0.25, 0.3) is 5.95 Å². The normalized spacial score (nSPS) is 12.1. The van der Waals surface area contributed by atoms with Gasteiger partial charge in [0, 0.05) is 24.0 Å². The molecule has 0 aliphatic carbocycles. The van der Waals surface area contributed by atoms with Crippen molar-refractivity contribution < 1.29 is 0 Å². The molecule has 0 bridgehead atoms. The number of aromatic nitrogens is 6. The summed E-state index contributed by atoms with van der Waals surface area (Å²) in [7, 11) is 0. The number of hydrazine groups is 1. The maximum absolute atomic E-state index is 5.40. The molecule has 0 saturated heterocycles. The largest absolute Gasteiger partial charge is 0.345 e. The maximum atomic E-state index is 5.40. The molecule has 10 heteroatoms. The molecular weight excluding hydrogens is 290 g/mol. The van der Waals surface area contributed by atoms with E-state index in [2.05, 4.69) is 35.7 Å². The Kier molecular flexibility index (Phi) is 3.71. The van der Waals surface area contributed by atoms with Crippen molar-refractivity contribution in [2.24, 2.45) is 5.84 Å². The molecule has 108 valence electrons. The van der Waals surface area contributed by atoms with Crippen LogP contribution in [0.1, 0.15) is 18.0 Å². The third kappa shape index (κ3) is 2.95. The Morgan fingerprint density at radius 3 is 2.76 bits per heavy atom. The van der Waals surface area contributed by atoms with E-state index in [-0.39, 0.29) is 12.0 Å². The van der Waals surface area contributed by atoms with Crippen LogP contribution in [0.15, 0.2) is 30.3 Å². The van der Waals surface area contributed by atoms with E-state index in [1.807, 2.05) is 12.3 Å². The van der Waals surface area contributed by atoms with E-state index in [1.54, 1.807) is 40.8 Å². The fourth-order valence-electron chi connectivity index (χ4n) is 1.69. The van der Waals surface area contributed by atoms with Gasteiger partial charge in [-0.05, 0) is 6.92 Å². The quantitative estimate of drug-likeness (QED) is 0.471. The summed E-state index contributed by atoms with van der Waals surface area (Å²) in [6, 6.07) is -0.0198. The first-order valence-corrected chi connectivity index (χ1v) is 7.01. The summed E-state index contributed by atoms with van der Waals surface area (Å²) in [4.78, 5) is 20.9. The van der Waals surface area contributed by atoms with Crippen LogP contribution < -0.4 is 16.6 Å². The zero-order valence-corrected chi connectivity index (χ0v) is 11.9. The predicted octanol–water partition coefficient (Wildman–Crippen LogP) is 0.972. The van der Waals surface area contributed by atoms with Crippen molar-refractivity contribution in [3.05, 3.63) is 35.3 Å². The van der Waals surface area contributed by atoms with Crippen molar-refractivity contribution in [3.63, 3.8) is 0 Å². The third-order valence-electron chi connectivity index (χ3n) is 2.66. The molecule has 0 radical (unpaired) electrons. The molecule has 3 aromatic rings. The number of anilines is 2. The number of nitrogens with zero attached hydrogens (tertiary/aromatic N) is 6. The molecule has 1 unspecified atom stereocenters. The highest BCUT2D eigenvalue weighted by Crippen LogP contribution is 2.19. The number of nitrogens with one attached hydrogen (secondary N) is 2. The lowest BCUT2D eigenvalue weighted by Crippen LogP contribution is -2.16. The lowest BCUT2D eigenvalue weighted by atomic mass is 10.4. The summed E-state index contributed by atoms with van der Waals surface area (Å²) >= 11 is 1.56. The van der Waals surface area contributed by atoms with Gasteiger partial charge in [0.25, 0.3) is 0 Å². The lowest BCUT2D eigenvalue weighted by Gasteiger charge is -2.12. The fourth-order valence-corrected chi connectivity index (χ4v) is 2.34. The van der Waals surface area contributed by atoms with Crippen LogP contribution in [-0.4, -0.2) is 29.5 Å². The molecular formula is C11H13N9S. The van der Waals surface area contributed by atoms with E-state index >= 15 is 0 Å². The van der Waals surface area contributed by atoms with Gasteiger partial charge in [0.05, 0.1) is 6.04 Å². The molecule has 0 saturated carbocycles. The van der Waals surface area contributed by atoms with Crippen LogP contribution in [0, 0.1) is 0 Å². The summed E-state index contributed by atoms with van der Waals surface area (Å²) in [5, 5.41) is 6.05. The molecule has 0 aliphatic rings. The van der Waals surface area contributed by atoms with Crippen molar-refractivity contribution >= 4 is 23.2 Å². The third-order valence-corrected chi connectivity index (χ3v) is 3.61. The molecule has 3 rings (SSSR count). The van der Waals surface area contributed by atoms with Gasteiger partial charge in [-0.25, -0.2) is 15.8 Å². The first kappa shape index (κ1) is 13.4. The molecule has 4 N–H and O–H groups in total. The first-order chi connectivity index (χ1) is 10.3. The van der Waals surface area contributed by atoms with Crippen molar-refractivity contribution in [2.45, 2.75) is 13.0 Å². The minimum atomic E-state index is -0.0198. The number of nitrogen functional groups attached to an aromatic ring is 1. The van der Waals surface area contributed by atoms with Gasteiger partial charge < -0.3 is 5.32 Å². The van der Waals surface area contributed by atoms with Crippen LogP contribution in [0.2, 0.25) is 0 Å². The molecule has 0 aliphatic heterocycles. The van der Waals surface area contributed by atoms with Crippen LogP contribution in [-0.2, 0) is 0 Å². The highest BCUT2D eigenvalue weighted by molar-refractivity contribution is 7.09. The summed E-state index contributed by atoms with van der Waals surface area (Å²) < 4.78 is 1.67. The van der Waals surface area contributed by atoms with Gasteiger partial charge >= 0.3 is 0 Å². The van der Waals surface area contributed by atoms with Crippen LogP contribution in [0.5, 0.6) is 0 Å². The van der Waals surface area contributed by atoms with Gasteiger partial charge in [-0.1, -0.05) is 0 Å². The highest BCUT2D eigenvalue weighted by atomic mass is 32.1. The Labute approximate surface area is 124 Å². The van der Waals surface area contributed by atoms with Crippen LogP contribution >= 0.6 is 11.3 Å². The van der Waals surface area contributed by atoms with Gasteiger partial charge in [0.2, 0.25) is 17.8 Å². The number of imidazole rings is 1. The van der Waals surface area contributed by atoms with Gasteiger partial charge in [0.1, 0.15) is 11.3 Å². The topological polar surface area (TPSA) is 119 Å². The molecule has 1 atom stereocenters. The Balaban J connectivity index is 1.89. The molecule has 0 fully saturated rings. The van der Waals surface area contributed by atoms with E-state index in [0.717, 1.165) is 5.01 Å². The van der Waals surface area contributed by atoms with Crippen LogP contribution in [0.4, 0.5) is 11.9 Å². The molecule has 0 aromatic carbocycles. The number of thiazole rings is 1. The first-order valence-electron chi connectivity index (χ1n) is 6.13. The standard InChI is InChI=1S/C11H13N9S/c1-7(8-14-3-5-21-8)15-9-16-10(19-12)18-11(17-9)20-4-2-13-6-20/h2-7H,12H2,1H3,(H2,15,16,17,18,19). The Morgan fingerprint density at radius 2 is 2.10 bits per heavy atom. The summed E-state index contributed by atoms with van der Waals surface area (Å²) in [6.45, 7) is 1.98. The summed E-state index contributed by atoms with van der Waals surface area (Å²) in [5.74, 6) is 6.49. The minimum absolute atomic E-state index is 0.0198. The zero-order valence-electron chi connectivity index (χ0n) is 11.1. The average molecular weight is 303 g/mol. The summed E-state index contributed by atoms with van der Waals surface area (Å²) in [5.41, 5.74) is 2.43. The van der Waals surface area contributed by atoms with E-state index in [1.165, 1.54) is 0 Å². The van der Waals surface area contributed by atoms with Crippen molar-refractivity contribution in [1.29, 1.82) is 0 Å². The Hall–Kier alpha value is -2.59. The van der Waals surface area contributed by atoms with E-state index < -0.39 is 0 Å². The van der Waals surface area contributed by atoms with E-state index in [4.69, 9.17) is 5.84 Å². The SMILES string of the molecule is CC(Nc1nc(NN)nc(-n2ccnc2)n1)c1nccs1.